The molecule has 0 bridgehead atoms. The molecule has 29 heavy (non-hydrogen) atoms. The second kappa shape index (κ2) is 9.45. The fourth-order valence-electron chi connectivity index (χ4n) is 4.48. The van der Waals surface area contributed by atoms with Crippen LogP contribution >= 0.6 is 0 Å². The lowest BCUT2D eigenvalue weighted by atomic mass is 9.98. The quantitative estimate of drug-likeness (QED) is 0.712. The number of ether oxygens (including phenoxy) is 1. The molecule has 0 N–H and O–H groups in total. The molecule has 4 rings (SSSR count). The Morgan fingerprint density at radius 1 is 1.07 bits per heavy atom. The van der Waals surface area contributed by atoms with Gasteiger partial charge in [0.1, 0.15) is 5.75 Å². The summed E-state index contributed by atoms with van der Waals surface area (Å²) in [5.41, 5.74) is 4.14. The highest BCUT2D eigenvalue weighted by atomic mass is 16.5. The van der Waals surface area contributed by atoms with Crippen molar-refractivity contribution in [2.75, 3.05) is 26.2 Å². The highest BCUT2D eigenvalue weighted by Gasteiger charge is 2.31. The van der Waals surface area contributed by atoms with Crippen LogP contribution in [-0.4, -0.2) is 48.0 Å². The molecular weight excluding hydrogens is 360 g/mol. The molecule has 1 fully saturated rings. The first kappa shape index (κ1) is 20.0. The fraction of sp³-hybridized carbons (Fsp3) is 0.480. The van der Waals surface area contributed by atoms with Gasteiger partial charge in [0.05, 0.1) is 6.61 Å². The van der Waals surface area contributed by atoms with Crippen LogP contribution < -0.4 is 4.74 Å². The molecule has 0 saturated carbocycles. The van der Waals surface area contributed by atoms with E-state index in [1.54, 1.807) is 0 Å². The summed E-state index contributed by atoms with van der Waals surface area (Å²) in [6.45, 7) is 6.76. The van der Waals surface area contributed by atoms with Crippen LogP contribution in [0, 0.1) is 0 Å². The Labute approximate surface area is 174 Å². The van der Waals surface area contributed by atoms with Crippen LogP contribution in [0.4, 0.5) is 0 Å². The van der Waals surface area contributed by atoms with Gasteiger partial charge in [-0.1, -0.05) is 43.3 Å². The highest BCUT2D eigenvalue weighted by Crippen LogP contribution is 2.25. The van der Waals surface area contributed by atoms with Crippen molar-refractivity contribution in [3.05, 3.63) is 65.2 Å². The van der Waals surface area contributed by atoms with Crippen LogP contribution in [-0.2, 0) is 24.2 Å². The van der Waals surface area contributed by atoms with Gasteiger partial charge < -0.3 is 9.64 Å². The summed E-state index contributed by atoms with van der Waals surface area (Å²) in [6, 6.07) is 17.4. The van der Waals surface area contributed by atoms with Crippen molar-refractivity contribution < 1.29 is 9.53 Å². The Bertz CT molecular complexity index is 818. The molecule has 4 heteroatoms. The van der Waals surface area contributed by atoms with Crippen molar-refractivity contribution in [1.29, 1.82) is 0 Å². The minimum atomic E-state index is 0.288. The molecule has 1 amide bonds. The molecule has 0 aliphatic carbocycles. The Morgan fingerprint density at radius 2 is 1.86 bits per heavy atom. The smallest absolute Gasteiger partial charge is 0.222 e. The van der Waals surface area contributed by atoms with Gasteiger partial charge in [-0.2, -0.15) is 0 Å². The number of benzene rings is 2. The Balaban J connectivity index is 1.24. The topological polar surface area (TPSA) is 32.8 Å². The Morgan fingerprint density at radius 3 is 2.66 bits per heavy atom. The van der Waals surface area contributed by atoms with E-state index in [0.29, 0.717) is 12.5 Å². The molecule has 0 radical (unpaired) electrons. The Hall–Kier alpha value is -2.33. The number of amides is 1. The highest BCUT2D eigenvalue weighted by molar-refractivity contribution is 5.76. The van der Waals surface area contributed by atoms with Crippen molar-refractivity contribution in [3.63, 3.8) is 0 Å². The molecule has 2 aromatic carbocycles. The van der Waals surface area contributed by atoms with E-state index in [1.165, 1.54) is 16.7 Å². The van der Waals surface area contributed by atoms with Gasteiger partial charge in [0, 0.05) is 38.6 Å². The third kappa shape index (κ3) is 4.99. The van der Waals surface area contributed by atoms with Crippen molar-refractivity contribution in [2.45, 2.75) is 51.6 Å². The van der Waals surface area contributed by atoms with Crippen LogP contribution in [0.15, 0.2) is 48.5 Å². The Kier molecular flexibility index (Phi) is 6.50. The average molecular weight is 393 g/mol. The van der Waals surface area contributed by atoms with E-state index in [-0.39, 0.29) is 5.91 Å². The summed E-state index contributed by atoms with van der Waals surface area (Å²) in [6.07, 6.45) is 4.61. The maximum Gasteiger partial charge on any atom is 0.222 e. The molecular formula is C25H32N2O2. The number of hydrogen-bond acceptors (Lipinski definition) is 3. The molecule has 2 aliphatic heterocycles. The SMILES string of the molecule is CCCOc1ccc(CCC(=O)N2CCC(N3CCc4ccccc4C3)C2)cc1. The fourth-order valence-corrected chi connectivity index (χ4v) is 4.48. The van der Waals surface area contributed by atoms with Crippen LogP contribution in [0.25, 0.3) is 0 Å². The van der Waals surface area contributed by atoms with E-state index in [9.17, 15) is 4.79 Å². The van der Waals surface area contributed by atoms with Gasteiger partial charge in [0.25, 0.3) is 0 Å². The molecule has 154 valence electrons. The lowest BCUT2D eigenvalue weighted by Gasteiger charge is -2.33. The van der Waals surface area contributed by atoms with E-state index >= 15 is 0 Å². The zero-order chi connectivity index (χ0) is 20.1. The minimum Gasteiger partial charge on any atom is -0.494 e. The van der Waals surface area contributed by atoms with E-state index in [1.807, 2.05) is 12.1 Å². The number of nitrogens with zero attached hydrogens (tertiary/aromatic N) is 2. The van der Waals surface area contributed by atoms with Gasteiger partial charge in [0.15, 0.2) is 0 Å². The van der Waals surface area contributed by atoms with Crippen LogP contribution in [0.1, 0.15) is 42.9 Å². The average Bonchev–Trinajstić information content (AvgIpc) is 3.27. The zero-order valence-corrected chi connectivity index (χ0v) is 17.5. The monoisotopic (exact) mass is 392 g/mol. The van der Waals surface area contributed by atoms with Crippen LogP contribution in [0.2, 0.25) is 0 Å². The number of carbonyl (C=O) groups is 1. The van der Waals surface area contributed by atoms with Crippen molar-refractivity contribution >= 4 is 5.91 Å². The number of fused-ring (bicyclic) bond motifs is 1. The number of carbonyl (C=O) groups excluding carboxylic acids is 1. The second-order valence-corrected chi connectivity index (χ2v) is 8.26. The molecule has 2 aromatic rings. The van der Waals surface area contributed by atoms with Crippen LogP contribution in [0.3, 0.4) is 0 Å². The maximum absolute atomic E-state index is 12.7. The summed E-state index contributed by atoms with van der Waals surface area (Å²) >= 11 is 0. The molecule has 1 atom stereocenters. The number of rotatable bonds is 7. The van der Waals surface area contributed by atoms with Crippen molar-refractivity contribution in [1.82, 2.24) is 9.80 Å². The van der Waals surface area contributed by atoms with Gasteiger partial charge in [-0.3, -0.25) is 9.69 Å². The summed E-state index contributed by atoms with van der Waals surface area (Å²) in [5, 5.41) is 0. The second-order valence-electron chi connectivity index (χ2n) is 8.26. The first-order valence-corrected chi connectivity index (χ1v) is 11.0. The zero-order valence-electron chi connectivity index (χ0n) is 17.5. The van der Waals surface area contributed by atoms with Crippen LogP contribution in [0.5, 0.6) is 5.75 Å². The van der Waals surface area contributed by atoms with Crippen molar-refractivity contribution in [2.24, 2.45) is 0 Å². The van der Waals surface area contributed by atoms with Gasteiger partial charge >= 0.3 is 0 Å². The molecule has 0 spiro atoms. The molecule has 1 saturated heterocycles. The van der Waals surface area contributed by atoms with E-state index in [2.05, 4.69) is 53.1 Å². The predicted octanol–water partition coefficient (Wildman–Crippen LogP) is 4.07. The van der Waals surface area contributed by atoms with E-state index in [4.69, 9.17) is 4.74 Å². The lowest BCUT2D eigenvalue weighted by molar-refractivity contribution is -0.130. The number of hydrogen-bond donors (Lipinski definition) is 0. The molecule has 2 heterocycles. The minimum absolute atomic E-state index is 0.288. The third-order valence-electron chi connectivity index (χ3n) is 6.22. The number of likely N-dealkylation sites (tertiary alicyclic amines) is 1. The molecule has 1 unspecified atom stereocenters. The summed E-state index contributed by atoms with van der Waals surface area (Å²) in [5.74, 6) is 1.20. The first-order valence-electron chi connectivity index (χ1n) is 11.0. The van der Waals surface area contributed by atoms with E-state index < -0.39 is 0 Å². The predicted molar refractivity (Wildman–Crippen MR) is 116 cm³/mol. The summed E-state index contributed by atoms with van der Waals surface area (Å²) in [4.78, 5) is 17.4. The van der Waals surface area contributed by atoms with Crippen molar-refractivity contribution in [3.8, 4) is 5.75 Å². The summed E-state index contributed by atoms with van der Waals surface area (Å²) < 4.78 is 5.63. The van der Waals surface area contributed by atoms with Gasteiger partial charge in [-0.25, -0.2) is 0 Å². The maximum atomic E-state index is 12.7. The van der Waals surface area contributed by atoms with Gasteiger partial charge in [0.2, 0.25) is 5.91 Å². The number of aryl methyl sites for hydroxylation is 1. The molecule has 0 aromatic heterocycles. The normalized spacial score (nSPS) is 19.2. The third-order valence-corrected chi connectivity index (χ3v) is 6.22. The van der Waals surface area contributed by atoms with E-state index in [0.717, 1.165) is 64.2 Å². The lowest BCUT2D eigenvalue weighted by Crippen LogP contribution is -2.41. The van der Waals surface area contributed by atoms with Gasteiger partial charge in [-0.15, -0.1) is 0 Å². The molecule has 4 nitrogen and oxygen atoms in total. The summed E-state index contributed by atoms with van der Waals surface area (Å²) in [7, 11) is 0. The standard InChI is InChI=1S/C25H32N2O2/c1-2-17-29-24-10-7-20(8-11-24)9-12-25(28)27-16-14-23(19-27)26-15-13-21-5-3-4-6-22(21)18-26/h3-8,10-11,23H,2,9,12-19H2,1H3. The van der Waals surface area contributed by atoms with Gasteiger partial charge in [-0.05, 0) is 54.5 Å². The largest absolute Gasteiger partial charge is 0.494 e. The molecule has 2 aliphatic rings. The first-order chi connectivity index (χ1) is 14.2.